The van der Waals surface area contributed by atoms with Crippen LogP contribution >= 0.6 is 0 Å². The summed E-state index contributed by atoms with van der Waals surface area (Å²) in [5.74, 6) is 1.00. The molecule has 0 saturated carbocycles. The fourth-order valence-corrected chi connectivity index (χ4v) is 5.40. The molecule has 0 N–H and O–H groups in total. The van der Waals surface area contributed by atoms with E-state index in [2.05, 4.69) is 20.8 Å². The van der Waals surface area contributed by atoms with E-state index in [-0.39, 0.29) is 29.2 Å². The van der Waals surface area contributed by atoms with Gasteiger partial charge in [0.05, 0.1) is 0 Å². The van der Waals surface area contributed by atoms with Crippen LogP contribution in [0.3, 0.4) is 0 Å². The van der Waals surface area contributed by atoms with E-state index < -0.39 is 0 Å². The van der Waals surface area contributed by atoms with Crippen LogP contribution in [0, 0.1) is 5.92 Å². The van der Waals surface area contributed by atoms with Gasteiger partial charge in [-0.2, -0.15) is 0 Å². The van der Waals surface area contributed by atoms with Gasteiger partial charge < -0.3 is 0 Å². The van der Waals surface area contributed by atoms with Gasteiger partial charge in [-0.1, -0.05) is 0 Å². The molecule has 0 heterocycles. The van der Waals surface area contributed by atoms with Gasteiger partial charge in [0.2, 0.25) is 0 Å². The Morgan fingerprint density at radius 3 is 2.42 bits per heavy atom. The molecule has 0 rings (SSSR count). The molecule has 0 aromatic carbocycles. The van der Waals surface area contributed by atoms with E-state index in [9.17, 15) is 0 Å². The van der Waals surface area contributed by atoms with Crippen LogP contribution in [0.4, 0.5) is 0 Å². The molecular weight excluding hydrogens is 221 g/mol. The Hall–Kier alpha value is 1.10. The molecule has 1 unspecified atom stereocenters. The van der Waals surface area contributed by atoms with Crippen LogP contribution in [0.1, 0.15) is 52.9 Å². The van der Waals surface area contributed by atoms with E-state index in [1.807, 2.05) is 0 Å². The fraction of sp³-hybridized carbons (Fsp3) is 1.00. The summed E-state index contributed by atoms with van der Waals surface area (Å²) in [5.41, 5.74) is 0. The fourth-order valence-electron chi connectivity index (χ4n) is 1.29. The van der Waals surface area contributed by atoms with Crippen molar-refractivity contribution in [2.45, 2.75) is 59.3 Å². The molecule has 0 aliphatic heterocycles. The first-order chi connectivity index (χ1) is 5.81. The normalized spacial score (nSPS) is 12.6. The second-order valence-electron chi connectivity index (χ2n) is 3.88. The van der Waals surface area contributed by atoms with Crippen LogP contribution in [-0.2, 0) is 29.2 Å². The van der Waals surface area contributed by atoms with Gasteiger partial charge in [-0.05, 0) is 0 Å². The molecule has 71 valence electrons. The summed E-state index contributed by atoms with van der Waals surface area (Å²) < 4.78 is 3.30. The average Bonchev–Trinajstić information content (AvgIpc) is 2.10. The molecule has 0 bridgehead atoms. The topological polar surface area (TPSA) is 0 Å². The standard InChI is InChI=1S/C6H13.C5H11.Y/c1-4-6(3)5-2;1-3-5-4-2;/h6H,1,4-5H2,2-3H3;1,3-5H2,2H3;. The summed E-state index contributed by atoms with van der Waals surface area (Å²) in [4.78, 5) is 0. The van der Waals surface area contributed by atoms with Crippen molar-refractivity contribution >= 4 is 0 Å². The van der Waals surface area contributed by atoms with Crippen LogP contribution in [0.25, 0.3) is 0 Å². The van der Waals surface area contributed by atoms with Gasteiger partial charge >= 0.3 is 94.5 Å². The molecular formula is C11H24Y. The summed E-state index contributed by atoms with van der Waals surface area (Å²) in [6, 6.07) is 0. The van der Waals surface area contributed by atoms with Crippen molar-refractivity contribution < 1.29 is 29.2 Å². The quantitative estimate of drug-likeness (QED) is 0.551. The first-order valence-electron chi connectivity index (χ1n) is 5.62. The molecule has 0 nitrogen and oxygen atoms in total. The zero-order valence-corrected chi connectivity index (χ0v) is 11.9. The van der Waals surface area contributed by atoms with Crippen molar-refractivity contribution in [3.8, 4) is 0 Å². The van der Waals surface area contributed by atoms with Crippen LogP contribution < -0.4 is 0 Å². The molecule has 1 heteroatoms. The Balaban J connectivity index is 2.90. The summed E-state index contributed by atoms with van der Waals surface area (Å²) in [6.07, 6.45) is 7.34. The number of hydrogen-bond donors (Lipinski definition) is 0. The number of rotatable bonds is 8. The molecule has 1 atom stereocenters. The molecule has 0 saturated heterocycles. The average molecular weight is 245 g/mol. The Bertz CT molecular complexity index is 81.1. The molecule has 0 aromatic rings. The van der Waals surface area contributed by atoms with E-state index in [1.165, 1.54) is 32.1 Å². The number of hydrogen-bond acceptors (Lipinski definition) is 0. The SMILES string of the molecule is CCCC[CH2][Y][CH2]CC(C)CC. The van der Waals surface area contributed by atoms with Gasteiger partial charge in [-0.25, -0.2) is 0 Å². The minimum atomic E-state index is -0.0747. The Labute approximate surface area is 93.9 Å². The van der Waals surface area contributed by atoms with Crippen molar-refractivity contribution in [3.05, 3.63) is 0 Å². The van der Waals surface area contributed by atoms with E-state index in [0.717, 1.165) is 5.92 Å². The molecule has 0 aliphatic rings. The maximum atomic E-state index is 2.40. The third-order valence-corrected chi connectivity index (χ3v) is 6.40. The van der Waals surface area contributed by atoms with Gasteiger partial charge in [-0.3, -0.25) is 0 Å². The first-order valence-corrected chi connectivity index (χ1v) is 9.64. The molecule has 0 aromatic heterocycles. The zero-order chi connectivity index (χ0) is 9.23. The monoisotopic (exact) mass is 245 g/mol. The predicted molar refractivity (Wildman–Crippen MR) is 53.2 cm³/mol. The van der Waals surface area contributed by atoms with E-state index in [4.69, 9.17) is 0 Å². The number of unbranched alkanes of at least 4 members (excludes halogenated alkanes) is 2. The maximum absolute atomic E-state index is 2.40. The van der Waals surface area contributed by atoms with Crippen molar-refractivity contribution in [1.29, 1.82) is 0 Å². The summed E-state index contributed by atoms with van der Waals surface area (Å²) in [6.45, 7) is 7.01. The summed E-state index contributed by atoms with van der Waals surface area (Å²) in [5, 5.41) is 0. The Kier molecular flexibility index (Phi) is 11.1. The van der Waals surface area contributed by atoms with E-state index >= 15 is 0 Å². The third kappa shape index (κ3) is 9.19. The Morgan fingerprint density at radius 1 is 1.08 bits per heavy atom. The molecule has 0 aliphatic carbocycles. The second-order valence-corrected chi connectivity index (χ2v) is 8.13. The second kappa shape index (κ2) is 10.2. The van der Waals surface area contributed by atoms with Crippen molar-refractivity contribution in [2.75, 3.05) is 0 Å². The molecule has 0 amide bonds. The third-order valence-electron chi connectivity index (χ3n) is 2.57. The molecule has 0 spiro atoms. The zero-order valence-electron chi connectivity index (χ0n) is 9.10. The van der Waals surface area contributed by atoms with Gasteiger partial charge in [-0.15, -0.1) is 0 Å². The molecule has 0 fully saturated rings. The van der Waals surface area contributed by atoms with Crippen LogP contribution in [-0.4, -0.2) is 0 Å². The predicted octanol–water partition coefficient (Wildman–Crippen LogP) is 4.53. The van der Waals surface area contributed by atoms with Crippen LogP contribution in [0.2, 0.25) is 6.46 Å². The van der Waals surface area contributed by atoms with Gasteiger partial charge in [0.15, 0.2) is 0 Å². The van der Waals surface area contributed by atoms with Gasteiger partial charge in [0, 0.05) is 0 Å². The minimum absolute atomic E-state index is 0.0747. The summed E-state index contributed by atoms with van der Waals surface area (Å²) >= 11 is -0.0747. The van der Waals surface area contributed by atoms with E-state index in [1.54, 1.807) is 6.46 Å². The van der Waals surface area contributed by atoms with Crippen molar-refractivity contribution in [3.63, 3.8) is 0 Å². The van der Waals surface area contributed by atoms with Crippen LogP contribution in [0.15, 0.2) is 0 Å². The Morgan fingerprint density at radius 2 is 1.83 bits per heavy atom. The first kappa shape index (κ1) is 13.1. The molecule has 0 radical (unpaired) electrons. The van der Waals surface area contributed by atoms with Crippen molar-refractivity contribution in [1.82, 2.24) is 0 Å². The van der Waals surface area contributed by atoms with Crippen LogP contribution in [0.5, 0.6) is 0 Å². The van der Waals surface area contributed by atoms with Gasteiger partial charge in [0.25, 0.3) is 0 Å². The van der Waals surface area contributed by atoms with Gasteiger partial charge in [0.1, 0.15) is 0 Å². The van der Waals surface area contributed by atoms with Crippen molar-refractivity contribution in [2.24, 2.45) is 5.92 Å². The van der Waals surface area contributed by atoms with E-state index in [0.29, 0.717) is 0 Å². The molecule has 12 heavy (non-hydrogen) atoms. The summed E-state index contributed by atoms with van der Waals surface area (Å²) in [7, 11) is 0.